The van der Waals surface area contributed by atoms with Gasteiger partial charge < -0.3 is 9.87 Å². The van der Waals surface area contributed by atoms with Crippen LogP contribution in [0.2, 0.25) is 0 Å². The normalized spacial score (nSPS) is 11.7. The molecule has 7 heteroatoms. The molecular formula is C22H22N3O3S-. The van der Waals surface area contributed by atoms with Crippen LogP contribution in [0.3, 0.4) is 0 Å². The third-order valence-corrected chi connectivity index (χ3v) is 5.30. The summed E-state index contributed by atoms with van der Waals surface area (Å²) in [5.74, 6) is -0.284. The Balaban J connectivity index is 1.87. The molecule has 2 aromatic carbocycles. The van der Waals surface area contributed by atoms with Crippen LogP contribution in [-0.4, -0.2) is 19.7 Å². The van der Waals surface area contributed by atoms with E-state index < -0.39 is 11.3 Å². The molecule has 0 saturated carbocycles. The van der Waals surface area contributed by atoms with Crippen LogP contribution in [0, 0.1) is 6.92 Å². The van der Waals surface area contributed by atoms with Crippen LogP contribution < -0.4 is 9.62 Å². The molecule has 3 rings (SSSR count). The van der Waals surface area contributed by atoms with Crippen molar-refractivity contribution < 1.29 is 13.6 Å². The predicted octanol–water partition coefficient (Wildman–Crippen LogP) is 3.81. The number of amides is 1. The van der Waals surface area contributed by atoms with Gasteiger partial charge in [0.2, 0.25) is 0 Å². The smallest absolute Gasteiger partial charge is 0.251 e. The minimum Gasteiger partial charge on any atom is -0.755 e. The molecule has 150 valence electrons. The summed E-state index contributed by atoms with van der Waals surface area (Å²) < 4.78 is 25.2. The van der Waals surface area contributed by atoms with Crippen molar-refractivity contribution in [3.8, 4) is 0 Å². The second-order valence-corrected chi connectivity index (χ2v) is 7.38. The molecule has 1 heterocycles. The maximum absolute atomic E-state index is 12.6. The van der Waals surface area contributed by atoms with Crippen LogP contribution in [0.4, 0.5) is 11.4 Å². The minimum atomic E-state index is -2.54. The lowest BCUT2D eigenvalue weighted by Crippen LogP contribution is -2.24. The van der Waals surface area contributed by atoms with Gasteiger partial charge in [-0.15, -0.1) is 0 Å². The van der Waals surface area contributed by atoms with Crippen molar-refractivity contribution in [3.63, 3.8) is 0 Å². The number of nitrogens with one attached hydrogen (secondary N) is 1. The Labute approximate surface area is 173 Å². The highest BCUT2D eigenvalue weighted by Crippen LogP contribution is 2.31. The molecule has 0 spiro atoms. The van der Waals surface area contributed by atoms with Crippen molar-refractivity contribution in [1.29, 1.82) is 0 Å². The molecule has 1 amide bonds. The lowest BCUT2D eigenvalue weighted by molar-refractivity contribution is 0.0951. The first kappa shape index (κ1) is 20.7. The van der Waals surface area contributed by atoms with E-state index >= 15 is 0 Å². The fourth-order valence-electron chi connectivity index (χ4n) is 2.93. The molecule has 1 atom stereocenters. The van der Waals surface area contributed by atoms with E-state index in [1.807, 2.05) is 32.0 Å². The number of aryl methyl sites for hydroxylation is 2. The zero-order chi connectivity index (χ0) is 20.8. The van der Waals surface area contributed by atoms with Gasteiger partial charge >= 0.3 is 0 Å². The van der Waals surface area contributed by atoms with Gasteiger partial charge in [0, 0.05) is 24.5 Å². The summed E-state index contributed by atoms with van der Waals surface area (Å²) in [4.78, 5) is 16.6. The highest BCUT2D eigenvalue weighted by molar-refractivity contribution is 7.81. The molecule has 1 unspecified atom stereocenters. The number of hydrogen-bond donors (Lipinski definition) is 1. The van der Waals surface area contributed by atoms with E-state index in [0.29, 0.717) is 23.5 Å². The number of carbonyl (C=O) groups is 1. The number of pyridine rings is 1. The quantitative estimate of drug-likeness (QED) is 0.602. The van der Waals surface area contributed by atoms with Gasteiger partial charge in [-0.3, -0.25) is 18.3 Å². The maximum Gasteiger partial charge on any atom is 0.251 e. The molecule has 0 aliphatic carbocycles. The second-order valence-electron chi connectivity index (χ2n) is 6.58. The van der Waals surface area contributed by atoms with Crippen molar-refractivity contribution in [2.45, 2.75) is 26.8 Å². The minimum absolute atomic E-state index is 0.284. The molecule has 6 nitrogen and oxygen atoms in total. The van der Waals surface area contributed by atoms with Crippen molar-refractivity contribution in [3.05, 3.63) is 89.2 Å². The maximum atomic E-state index is 12.6. The summed E-state index contributed by atoms with van der Waals surface area (Å²) >= 11 is -2.54. The van der Waals surface area contributed by atoms with E-state index in [-0.39, 0.29) is 5.91 Å². The number of aromatic nitrogens is 1. The average Bonchev–Trinajstić information content (AvgIpc) is 2.74. The molecule has 0 radical (unpaired) electrons. The molecule has 0 aliphatic rings. The topological polar surface area (TPSA) is 85.4 Å². The van der Waals surface area contributed by atoms with Gasteiger partial charge in [0.1, 0.15) is 0 Å². The second kappa shape index (κ2) is 9.45. The van der Waals surface area contributed by atoms with E-state index in [9.17, 15) is 13.6 Å². The lowest BCUT2D eigenvalue weighted by atomic mass is 10.1. The van der Waals surface area contributed by atoms with Gasteiger partial charge in [0.25, 0.3) is 5.91 Å². The Kier molecular flexibility index (Phi) is 6.74. The highest BCUT2D eigenvalue weighted by Gasteiger charge is 2.16. The molecule has 29 heavy (non-hydrogen) atoms. The summed E-state index contributed by atoms with van der Waals surface area (Å²) in [6.07, 6.45) is 4.22. The summed E-state index contributed by atoms with van der Waals surface area (Å²) in [7, 11) is 0. The molecule has 0 aliphatic heterocycles. The standard InChI is InChI=1S/C22H23N3O3S/c1-3-17-7-10-20(11-8-17)25(29(27)28)21-13-19(9-6-16(21)2)22(26)24-15-18-5-4-12-23-14-18/h4-14H,3,15H2,1-2H3,(H,24,26)(H,27,28)/p-1. The molecule has 0 bridgehead atoms. The number of benzene rings is 2. The number of carbonyl (C=O) groups excluding carboxylic acids is 1. The number of hydrogen-bond acceptors (Lipinski definition) is 4. The summed E-state index contributed by atoms with van der Waals surface area (Å²) in [6, 6.07) is 16.0. The van der Waals surface area contributed by atoms with Gasteiger partial charge in [0.15, 0.2) is 0 Å². The molecular weight excluding hydrogens is 386 g/mol. The van der Waals surface area contributed by atoms with E-state index in [2.05, 4.69) is 10.3 Å². The van der Waals surface area contributed by atoms with Crippen molar-refractivity contribution in [1.82, 2.24) is 10.3 Å². The first-order valence-electron chi connectivity index (χ1n) is 9.25. The Morgan fingerprint density at radius 1 is 1.14 bits per heavy atom. The Morgan fingerprint density at radius 2 is 1.90 bits per heavy atom. The van der Waals surface area contributed by atoms with Crippen LogP contribution in [0.25, 0.3) is 0 Å². The van der Waals surface area contributed by atoms with Gasteiger partial charge in [-0.05, 0) is 60.4 Å². The van der Waals surface area contributed by atoms with Crippen LogP contribution in [0.1, 0.15) is 34.0 Å². The summed E-state index contributed by atoms with van der Waals surface area (Å²) in [5.41, 5.74) is 4.09. The van der Waals surface area contributed by atoms with Crippen molar-refractivity contribution in [2.75, 3.05) is 4.31 Å². The van der Waals surface area contributed by atoms with Crippen molar-refractivity contribution in [2.24, 2.45) is 0 Å². The largest absolute Gasteiger partial charge is 0.755 e. The molecule has 1 N–H and O–H groups in total. The fourth-order valence-corrected chi connectivity index (χ4v) is 3.58. The van der Waals surface area contributed by atoms with Gasteiger partial charge in [0.05, 0.1) is 22.6 Å². The van der Waals surface area contributed by atoms with Crippen LogP contribution in [-0.2, 0) is 24.2 Å². The third kappa shape index (κ3) is 5.07. The van der Waals surface area contributed by atoms with Gasteiger partial charge in [-0.1, -0.05) is 31.2 Å². The summed E-state index contributed by atoms with van der Waals surface area (Å²) in [5, 5.41) is 2.83. The molecule has 3 aromatic rings. The zero-order valence-corrected chi connectivity index (χ0v) is 17.1. The van der Waals surface area contributed by atoms with Gasteiger partial charge in [-0.25, -0.2) is 0 Å². The Hall–Kier alpha value is -3.03. The number of rotatable bonds is 7. The van der Waals surface area contributed by atoms with Gasteiger partial charge in [-0.2, -0.15) is 0 Å². The summed E-state index contributed by atoms with van der Waals surface area (Å²) in [6.45, 7) is 4.19. The van der Waals surface area contributed by atoms with E-state index in [1.165, 1.54) is 4.31 Å². The third-order valence-electron chi connectivity index (χ3n) is 4.59. The van der Waals surface area contributed by atoms with E-state index in [0.717, 1.165) is 23.1 Å². The SMILES string of the molecule is CCc1ccc(N(c2cc(C(=O)NCc3cccnc3)ccc2C)S(=O)[O-])cc1. The average molecular weight is 409 g/mol. The zero-order valence-electron chi connectivity index (χ0n) is 16.3. The van der Waals surface area contributed by atoms with E-state index in [1.54, 1.807) is 48.8 Å². The molecule has 0 saturated heterocycles. The van der Waals surface area contributed by atoms with E-state index in [4.69, 9.17) is 0 Å². The first-order valence-corrected chi connectivity index (χ1v) is 10.3. The first-order chi connectivity index (χ1) is 14.0. The fraction of sp³-hybridized carbons (Fsp3) is 0.182. The molecule has 1 aromatic heterocycles. The Morgan fingerprint density at radius 3 is 2.52 bits per heavy atom. The monoisotopic (exact) mass is 408 g/mol. The predicted molar refractivity (Wildman–Crippen MR) is 113 cm³/mol. The van der Waals surface area contributed by atoms with Crippen LogP contribution in [0.5, 0.6) is 0 Å². The highest BCUT2D eigenvalue weighted by atomic mass is 32.2. The van der Waals surface area contributed by atoms with Crippen LogP contribution >= 0.6 is 0 Å². The lowest BCUT2D eigenvalue weighted by Gasteiger charge is -2.28. The Bertz CT molecular complexity index is 1010. The van der Waals surface area contributed by atoms with Crippen molar-refractivity contribution >= 4 is 28.5 Å². The number of nitrogens with zero attached hydrogens (tertiary/aromatic N) is 2. The molecule has 0 fully saturated rings. The van der Waals surface area contributed by atoms with Crippen LogP contribution in [0.15, 0.2) is 67.0 Å². The number of anilines is 2.